The number of hydrogen-bond acceptors (Lipinski definition) is 4. The lowest BCUT2D eigenvalue weighted by Crippen LogP contribution is -2.25. The van der Waals surface area contributed by atoms with Crippen molar-refractivity contribution in [1.82, 2.24) is 10.3 Å². The molecule has 3 aromatic rings. The predicted molar refractivity (Wildman–Crippen MR) is 98.9 cm³/mol. The van der Waals surface area contributed by atoms with E-state index in [4.69, 9.17) is 5.73 Å². The maximum absolute atomic E-state index is 13.8. The summed E-state index contributed by atoms with van der Waals surface area (Å²) in [5.74, 6) is -1.42. The zero-order valence-electron chi connectivity index (χ0n) is 13.2. The molecule has 0 spiro atoms. The molecule has 0 fully saturated rings. The average Bonchev–Trinajstić information content (AvgIpc) is 2.88. The van der Waals surface area contributed by atoms with Gasteiger partial charge in [0.2, 0.25) is 0 Å². The molecule has 0 unspecified atom stereocenters. The maximum atomic E-state index is 13.8. The highest BCUT2D eigenvalue weighted by Crippen LogP contribution is 2.32. The molecule has 4 nitrogen and oxygen atoms in total. The van der Waals surface area contributed by atoms with Gasteiger partial charge in [0.15, 0.2) is 0 Å². The van der Waals surface area contributed by atoms with E-state index in [0.29, 0.717) is 15.4 Å². The van der Waals surface area contributed by atoms with Gasteiger partial charge in [-0.25, -0.2) is 13.8 Å². The summed E-state index contributed by atoms with van der Waals surface area (Å²) in [5.41, 5.74) is 7.45. The van der Waals surface area contributed by atoms with Crippen molar-refractivity contribution in [1.29, 1.82) is 0 Å². The van der Waals surface area contributed by atoms with Crippen molar-refractivity contribution >= 4 is 49.1 Å². The summed E-state index contributed by atoms with van der Waals surface area (Å²) in [5, 5.41) is 3.43. The minimum atomic E-state index is -0.544. The van der Waals surface area contributed by atoms with E-state index < -0.39 is 11.6 Å². The molecule has 3 N–H and O–H groups in total. The van der Waals surface area contributed by atoms with E-state index in [1.54, 1.807) is 0 Å². The Morgan fingerprint density at radius 1 is 1.32 bits per heavy atom. The zero-order chi connectivity index (χ0) is 18.1. The Kier molecular flexibility index (Phi) is 5.01. The van der Waals surface area contributed by atoms with Crippen LogP contribution in [0.25, 0.3) is 10.2 Å². The van der Waals surface area contributed by atoms with Crippen LogP contribution >= 0.6 is 27.3 Å². The lowest BCUT2D eigenvalue weighted by molar-refractivity contribution is 0.0959. The molecule has 0 atom stereocenters. The predicted octanol–water partition coefficient (Wildman–Crippen LogP) is 4.20. The number of amides is 1. The van der Waals surface area contributed by atoms with Gasteiger partial charge in [-0.15, -0.1) is 11.3 Å². The number of rotatable bonds is 4. The number of pyridine rings is 1. The molecule has 0 aliphatic rings. The van der Waals surface area contributed by atoms with Gasteiger partial charge >= 0.3 is 0 Å². The molecule has 8 heteroatoms. The molecule has 0 aliphatic heterocycles. The van der Waals surface area contributed by atoms with Crippen LogP contribution in [0.2, 0.25) is 0 Å². The second-order valence-electron chi connectivity index (χ2n) is 5.51. The lowest BCUT2D eigenvalue weighted by Gasteiger charge is -2.07. The van der Waals surface area contributed by atoms with Crippen LogP contribution in [-0.4, -0.2) is 17.4 Å². The highest BCUT2D eigenvalue weighted by atomic mass is 79.9. The Morgan fingerprint density at radius 2 is 2.08 bits per heavy atom. The summed E-state index contributed by atoms with van der Waals surface area (Å²) >= 11 is 4.14. The maximum Gasteiger partial charge on any atom is 0.263 e. The molecule has 130 valence electrons. The van der Waals surface area contributed by atoms with Crippen molar-refractivity contribution in [3.63, 3.8) is 0 Å². The van der Waals surface area contributed by atoms with Crippen LogP contribution in [0.15, 0.2) is 28.7 Å². The number of halogens is 3. The summed E-state index contributed by atoms with van der Waals surface area (Å²) in [4.78, 5) is 17.8. The second kappa shape index (κ2) is 7.05. The van der Waals surface area contributed by atoms with E-state index in [9.17, 15) is 13.6 Å². The van der Waals surface area contributed by atoms with E-state index in [1.807, 2.05) is 19.1 Å². The van der Waals surface area contributed by atoms with Crippen LogP contribution in [0.3, 0.4) is 0 Å². The topological polar surface area (TPSA) is 68.0 Å². The van der Waals surface area contributed by atoms with Gasteiger partial charge in [0.1, 0.15) is 21.3 Å². The molecule has 2 aromatic heterocycles. The van der Waals surface area contributed by atoms with Crippen LogP contribution in [0.4, 0.5) is 14.5 Å². The normalized spacial score (nSPS) is 11.0. The third-order valence-electron chi connectivity index (χ3n) is 3.71. The van der Waals surface area contributed by atoms with Gasteiger partial charge < -0.3 is 11.1 Å². The van der Waals surface area contributed by atoms with E-state index >= 15 is 0 Å². The molecule has 0 saturated heterocycles. The van der Waals surface area contributed by atoms with Crippen molar-refractivity contribution in [2.45, 2.75) is 13.3 Å². The molecule has 0 radical (unpaired) electrons. The number of nitrogens with one attached hydrogen (secondary N) is 1. The third-order valence-corrected chi connectivity index (χ3v) is 5.43. The van der Waals surface area contributed by atoms with Crippen LogP contribution in [0, 0.1) is 18.6 Å². The van der Waals surface area contributed by atoms with Crippen molar-refractivity contribution in [2.24, 2.45) is 0 Å². The molecule has 2 heterocycles. The number of thiophene rings is 1. The van der Waals surface area contributed by atoms with Crippen molar-refractivity contribution in [3.8, 4) is 0 Å². The zero-order valence-corrected chi connectivity index (χ0v) is 15.6. The number of anilines is 1. The smallest absolute Gasteiger partial charge is 0.263 e. The quantitative estimate of drug-likeness (QED) is 0.615. The SMILES string of the molecule is Cc1ccc2c(N)c(C(=O)NCCc3cc(F)c(Br)cc3F)sc2n1. The molecule has 1 amide bonds. The standard InChI is InChI=1S/C17H14BrF2N3OS/c1-8-2-3-10-14(21)15(25-17(10)23-8)16(24)22-5-4-9-6-13(20)11(18)7-12(9)19/h2-3,6-7H,4-5,21H2,1H3,(H,22,24). The highest BCUT2D eigenvalue weighted by molar-refractivity contribution is 9.10. The first kappa shape index (κ1) is 17.8. The van der Waals surface area contributed by atoms with E-state index in [1.165, 1.54) is 11.3 Å². The molecule has 25 heavy (non-hydrogen) atoms. The molecular weight excluding hydrogens is 412 g/mol. The fourth-order valence-corrected chi connectivity index (χ4v) is 3.78. The number of carbonyl (C=O) groups is 1. The Morgan fingerprint density at radius 3 is 2.84 bits per heavy atom. The third kappa shape index (κ3) is 3.64. The van der Waals surface area contributed by atoms with Crippen LogP contribution in [-0.2, 0) is 6.42 Å². The van der Waals surface area contributed by atoms with Gasteiger partial charge in [0.25, 0.3) is 5.91 Å². The largest absolute Gasteiger partial charge is 0.397 e. The van der Waals surface area contributed by atoms with Gasteiger partial charge in [0, 0.05) is 17.6 Å². The summed E-state index contributed by atoms with van der Waals surface area (Å²) in [6.45, 7) is 2.03. The van der Waals surface area contributed by atoms with E-state index in [0.717, 1.165) is 23.2 Å². The molecule has 0 bridgehead atoms. The Balaban J connectivity index is 1.71. The van der Waals surface area contributed by atoms with Gasteiger partial charge in [-0.3, -0.25) is 4.79 Å². The van der Waals surface area contributed by atoms with Crippen molar-refractivity contribution in [3.05, 3.63) is 56.5 Å². The fourth-order valence-electron chi connectivity index (χ4n) is 2.40. The van der Waals surface area contributed by atoms with Crippen LogP contribution in [0.1, 0.15) is 20.9 Å². The second-order valence-corrected chi connectivity index (χ2v) is 7.37. The summed E-state index contributed by atoms with van der Waals surface area (Å²) in [7, 11) is 0. The number of nitrogens with zero attached hydrogens (tertiary/aromatic N) is 1. The van der Waals surface area contributed by atoms with Gasteiger partial charge in [0.05, 0.1) is 10.2 Å². The molecular formula is C17H14BrF2N3OS. The van der Waals surface area contributed by atoms with E-state index in [2.05, 4.69) is 26.2 Å². The van der Waals surface area contributed by atoms with Gasteiger partial charge in [-0.05, 0) is 59.1 Å². The number of hydrogen-bond donors (Lipinski definition) is 2. The van der Waals surface area contributed by atoms with E-state index in [-0.39, 0.29) is 28.9 Å². The van der Waals surface area contributed by atoms with Crippen LogP contribution in [0.5, 0.6) is 0 Å². The number of carbonyl (C=O) groups excluding carboxylic acids is 1. The Hall–Kier alpha value is -2.06. The highest BCUT2D eigenvalue weighted by Gasteiger charge is 2.17. The number of nitrogens with two attached hydrogens (primary N) is 1. The number of aryl methyl sites for hydroxylation is 1. The molecule has 3 rings (SSSR count). The summed E-state index contributed by atoms with van der Waals surface area (Å²) < 4.78 is 27.3. The van der Waals surface area contributed by atoms with Crippen molar-refractivity contribution < 1.29 is 13.6 Å². The molecule has 0 saturated carbocycles. The summed E-state index contributed by atoms with van der Waals surface area (Å²) in [6.07, 6.45) is 0.171. The van der Waals surface area contributed by atoms with Gasteiger partial charge in [-0.2, -0.15) is 0 Å². The molecule has 1 aromatic carbocycles. The minimum absolute atomic E-state index is 0.0682. The van der Waals surface area contributed by atoms with Crippen molar-refractivity contribution in [2.75, 3.05) is 12.3 Å². The number of nitrogen functional groups attached to an aromatic ring is 1. The Bertz CT molecular complexity index is 974. The number of benzene rings is 1. The Labute approximate surface area is 155 Å². The molecule has 0 aliphatic carbocycles. The monoisotopic (exact) mass is 425 g/mol. The first-order chi connectivity index (χ1) is 11.9. The lowest BCUT2D eigenvalue weighted by atomic mass is 10.1. The number of aromatic nitrogens is 1. The number of fused-ring (bicyclic) bond motifs is 1. The van der Waals surface area contributed by atoms with Gasteiger partial charge in [-0.1, -0.05) is 0 Å². The first-order valence-corrected chi connectivity index (χ1v) is 9.05. The summed E-state index contributed by atoms with van der Waals surface area (Å²) in [6, 6.07) is 5.86. The first-order valence-electron chi connectivity index (χ1n) is 7.44. The minimum Gasteiger partial charge on any atom is -0.397 e. The fraction of sp³-hybridized carbons (Fsp3) is 0.176. The average molecular weight is 426 g/mol. The van der Waals surface area contributed by atoms with Crippen LogP contribution < -0.4 is 11.1 Å².